The van der Waals surface area contributed by atoms with E-state index in [9.17, 15) is 8.42 Å². The van der Waals surface area contributed by atoms with Crippen molar-refractivity contribution in [1.82, 2.24) is 20.3 Å². The molecule has 1 heterocycles. The van der Waals surface area contributed by atoms with Gasteiger partial charge in [-0.05, 0) is 32.0 Å². The van der Waals surface area contributed by atoms with Crippen molar-refractivity contribution in [3.63, 3.8) is 0 Å². The summed E-state index contributed by atoms with van der Waals surface area (Å²) in [5, 5.41) is 7.67. The summed E-state index contributed by atoms with van der Waals surface area (Å²) in [6, 6.07) is 6.15. The molecule has 1 aromatic heterocycles. The van der Waals surface area contributed by atoms with Crippen LogP contribution in [-0.2, 0) is 16.6 Å². The van der Waals surface area contributed by atoms with Gasteiger partial charge in [-0.15, -0.1) is 35.3 Å². The highest BCUT2D eigenvalue weighted by atomic mass is 127. The first-order valence-electron chi connectivity index (χ1n) is 7.94. The van der Waals surface area contributed by atoms with Crippen LogP contribution in [0.4, 0.5) is 0 Å². The molecule has 0 saturated carbocycles. The van der Waals surface area contributed by atoms with Crippen LogP contribution in [0.2, 0.25) is 5.02 Å². The first-order chi connectivity index (χ1) is 12.3. The number of guanidine groups is 1. The number of aliphatic imine (C=N–C) groups is 1. The highest BCUT2D eigenvalue weighted by Crippen LogP contribution is 2.16. The Morgan fingerprint density at radius 1 is 1.26 bits per heavy atom. The summed E-state index contributed by atoms with van der Waals surface area (Å²) in [4.78, 5) is 9.80. The second-order valence-corrected chi connectivity index (χ2v) is 8.94. The molecule has 7 nitrogen and oxygen atoms in total. The lowest BCUT2D eigenvalue weighted by molar-refractivity contribution is 0.580. The van der Waals surface area contributed by atoms with E-state index in [4.69, 9.17) is 11.6 Å². The number of aromatic nitrogens is 1. The van der Waals surface area contributed by atoms with E-state index < -0.39 is 10.0 Å². The van der Waals surface area contributed by atoms with Crippen LogP contribution in [0.15, 0.2) is 34.2 Å². The predicted octanol–water partition coefficient (Wildman–Crippen LogP) is 2.67. The van der Waals surface area contributed by atoms with Crippen molar-refractivity contribution in [2.75, 3.05) is 20.1 Å². The smallest absolute Gasteiger partial charge is 0.240 e. The number of hydrogen-bond acceptors (Lipinski definition) is 5. The Kier molecular flexibility index (Phi) is 9.95. The average Bonchev–Trinajstić information content (AvgIpc) is 2.91. The molecular formula is C16H23ClIN5O2S2. The van der Waals surface area contributed by atoms with Gasteiger partial charge in [-0.1, -0.05) is 17.7 Å². The summed E-state index contributed by atoms with van der Waals surface area (Å²) in [5.74, 6) is 0.595. The van der Waals surface area contributed by atoms with Crippen molar-refractivity contribution in [1.29, 1.82) is 0 Å². The number of sulfonamides is 1. The first-order valence-corrected chi connectivity index (χ1v) is 10.6. The van der Waals surface area contributed by atoms with Crippen molar-refractivity contribution in [2.45, 2.75) is 25.3 Å². The number of benzene rings is 1. The van der Waals surface area contributed by atoms with E-state index in [0.29, 0.717) is 24.1 Å². The van der Waals surface area contributed by atoms with Gasteiger partial charge in [0.1, 0.15) is 0 Å². The molecule has 0 spiro atoms. The summed E-state index contributed by atoms with van der Waals surface area (Å²) in [6.45, 7) is 5.17. The van der Waals surface area contributed by atoms with Crippen LogP contribution in [0.3, 0.4) is 0 Å². The summed E-state index contributed by atoms with van der Waals surface area (Å²) in [6.07, 6.45) is 0. The molecule has 0 bridgehead atoms. The van der Waals surface area contributed by atoms with E-state index in [1.54, 1.807) is 30.5 Å². The summed E-state index contributed by atoms with van der Waals surface area (Å²) >= 11 is 7.48. The molecule has 0 aliphatic carbocycles. The van der Waals surface area contributed by atoms with E-state index >= 15 is 0 Å². The van der Waals surface area contributed by atoms with Gasteiger partial charge in [0.05, 0.1) is 22.1 Å². The summed E-state index contributed by atoms with van der Waals surface area (Å²) in [5.41, 5.74) is 1.00. The Morgan fingerprint density at radius 3 is 2.59 bits per heavy atom. The largest absolute Gasteiger partial charge is 0.355 e. The van der Waals surface area contributed by atoms with Crippen molar-refractivity contribution < 1.29 is 8.42 Å². The molecule has 0 saturated heterocycles. The molecule has 0 aliphatic rings. The molecule has 0 atom stereocenters. The van der Waals surface area contributed by atoms with Gasteiger partial charge in [-0.3, -0.25) is 4.99 Å². The molecule has 0 aliphatic heterocycles. The molecule has 3 N–H and O–H groups in total. The van der Waals surface area contributed by atoms with Crippen molar-refractivity contribution in [3.8, 4) is 0 Å². The zero-order valence-electron chi connectivity index (χ0n) is 15.2. The second kappa shape index (κ2) is 11.1. The number of hydrogen-bond donors (Lipinski definition) is 3. The zero-order chi connectivity index (χ0) is 19.2. The van der Waals surface area contributed by atoms with Gasteiger partial charge in [0, 0.05) is 30.0 Å². The zero-order valence-corrected chi connectivity index (χ0v) is 20.0. The number of nitrogens with zero attached hydrogens (tertiary/aromatic N) is 2. The molecule has 150 valence electrons. The number of thiazole rings is 1. The van der Waals surface area contributed by atoms with E-state index in [1.807, 2.05) is 13.8 Å². The normalized spacial score (nSPS) is 11.8. The Labute approximate surface area is 186 Å². The molecule has 0 fully saturated rings. The fraction of sp³-hybridized carbons (Fsp3) is 0.375. The minimum Gasteiger partial charge on any atom is -0.355 e. The third-order valence-corrected chi connectivity index (χ3v) is 6.22. The van der Waals surface area contributed by atoms with Gasteiger partial charge in [0.25, 0.3) is 0 Å². The highest BCUT2D eigenvalue weighted by molar-refractivity contribution is 14.0. The standard InChI is InChI=1S/C16H22ClN5O2S2.HI/c1-11-15(25-12(2)22-11)10-20-16(18-3)19-7-8-21-26(23,24)14-6-4-5-13(17)9-14;/h4-6,9,21H,7-8,10H2,1-3H3,(H2,18,19,20);1H. The van der Waals surface area contributed by atoms with E-state index in [2.05, 4.69) is 25.3 Å². The molecule has 1 aromatic carbocycles. The number of nitrogens with one attached hydrogen (secondary N) is 3. The van der Waals surface area contributed by atoms with Crippen LogP contribution in [0, 0.1) is 13.8 Å². The van der Waals surface area contributed by atoms with Gasteiger partial charge >= 0.3 is 0 Å². The lowest BCUT2D eigenvalue weighted by Crippen LogP contribution is -2.41. The summed E-state index contributed by atoms with van der Waals surface area (Å²) < 4.78 is 26.9. The summed E-state index contributed by atoms with van der Waals surface area (Å²) in [7, 11) is -1.92. The molecule has 2 aromatic rings. The lowest BCUT2D eigenvalue weighted by Gasteiger charge is -2.12. The van der Waals surface area contributed by atoms with Gasteiger partial charge in [0.15, 0.2) is 5.96 Å². The molecule has 2 rings (SSSR count). The van der Waals surface area contributed by atoms with Gasteiger partial charge in [-0.2, -0.15) is 0 Å². The number of aryl methyl sites for hydroxylation is 2. The van der Waals surface area contributed by atoms with Crippen molar-refractivity contribution in [3.05, 3.63) is 44.9 Å². The highest BCUT2D eigenvalue weighted by Gasteiger charge is 2.13. The maximum atomic E-state index is 12.2. The number of halogens is 2. The first kappa shape index (κ1) is 24.1. The van der Waals surface area contributed by atoms with Crippen LogP contribution < -0.4 is 15.4 Å². The quantitative estimate of drug-likeness (QED) is 0.216. The Bertz CT molecular complexity index is 887. The maximum absolute atomic E-state index is 12.2. The minimum absolute atomic E-state index is 0. The third kappa shape index (κ3) is 7.53. The van der Waals surface area contributed by atoms with E-state index in [1.165, 1.54) is 12.1 Å². The fourth-order valence-electron chi connectivity index (χ4n) is 2.21. The van der Waals surface area contributed by atoms with Gasteiger partial charge < -0.3 is 10.6 Å². The van der Waals surface area contributed by atoms with Crippen molar-refractivity contribution in [2.24, 2.45) is 4.99 Å². The van der Waals surface area contributed by atoms with E-state index in [0.717, 1.165) is 15.6 Å². The molecule has 27 heavy (non-hydrogen) atoms. The second-order valence-electron chi connectivity index (χ2n) is 5.45. The van der Waals surface area contributed by atoms with Crippen LogP contribution in [-0.4, -0.2) is 39.5 Å². The molecule has 0 unspecified atom stereocenters. The van der Waals surface area contributed by atoms with E-state index in [-0.39, 0.29) is 35.4 Å². The van der Waals surface area contributed by atoms with Crippen LogP contribution in [0.1, 0.15) is 15.6 Å². The van der Waals surface area contributed by atoms with Crippen LogP contribution >= 0.6 is 46.9 Å². The fourth-order valence-corrected chi connectivity index (χ4v) is 4.42. The third-order valence-electron chi connectivity index (χ3n) is 3.46. The van der Waals surface area contributed by atoms with Crippen LogP contribution in [0.5, 0.6) is 0 Å². The Hall–Kier alpha value is -0.950. The average molecular weight is 544 g/mol. The van der Waals surface area contributed by atoms with Gasteiger partial charge in [0.2, 0.25) is 10.0 Å². The molecule has 11 heteroatoms. The molecular weight excluding hydrogens is 521 g/mol. The SMILES string of the molecule is CN=C(NCCNS(=O)(=O)c1cccc(Cl)c1)NCc1sc(C)nc1C.I. The maximum Gasteiger partial charge on any atom is 0.240 e. The van der Waals surface area contributed by atoms with Gasteiger partial charge in [-0.25, -0.2) is 18.1 Å². The lowest BCUT2D eigenvalue weighted by atomic mass is 10.4. The topological polar surface area (TPSA) is 95.5 Å². The van der Waals surface area contributed by atoms with Crippen LogP contribution in [0.25, 0.3) is 0 Å². The Balaban J connectivity index is 0.00000364. The molecule has 0 radical (unpaired) electrons. The predicted molar refractivity (Wildman–Crippen MR) is 122 cm³/mol. The monoisotopic (exact) mass is 543 g/mol. The minimum atomic E-state index is -3.59. The van der Waals surface area contributed by atoms with Crippen molar-refractivity contribution >= 4 is 62.9 Å². The Morgan fingerprint density at radius 2 is 2.00 bits per heavy atom. The molecule has 0 amide bonds. The number of rotatable bonds is 7.